The Hall–Kier alpha value is -1.53. The van der Waals surface area contributed by atoms with Crippen LogP contribution in [0.5, 0.6) is 0 Å². The predicted molar refractivity (Wildman–Crippen MR) is 75.8 cm³/mol. The average molecular weight is 298 g/mol. The quantitative estimate of drug-likeness (QED) is 0.802. The second-order valence-electron chi connectivity index (χ2n) is 4.96. The third kappa shape index (κ3) is 2.74. The van der Waals surface area contributed by atoms with Crippen molar-refractivity contribution in [3.8, 4) is 0 Å². The molecule has 0 atom stereocenters. The van der Waals surface area contributed by atoms with Crippen LogP contribution in [-0.4, -0.2) is 21.5 Å². The van der Waals surface area contributed by atoms with Gasteiger partial charge in [-0.1, -0.05) is 11.6 Å². The number of benzene rings is 1. The molecule has 0 radical (unpaired) electrons. The first kappa shape index (κ1) is 13.9. The van der Waals surface area contributed by atoms with Gasteiger partial charge in [0, 0.05) is 17.8 Å². The highest BCUT2D eigenvalue weighted by molar-refractivity contribution is 7.47. The molecule has 0 spiro atoms. The molecule has 0 N–H and O–H groups in total. The number of aromatic nitrogens is 2. The molecular weight excluding hydrogens is 286 g/mol. The molecule has 0 saturated heterocycles. The van der Waals surface area contributed by atoms with E-state index in [1.807, 2.05) is 0 Å². The molecule has 1 aromatic carbocycles. The van der Waals surface area contributed by atoms with Crippen LogP contribution >= 0.6 is 11.6 Å². The Morgan fingerprint density at radius 1 is 1.47 bits per heavy atom. The fourth-order valence-corrected chi connectivity index (χ4v) is 2.03. The lowest BCUT2D eigenvalue weighted by atomic mass is 10.2. The highest BCUT2D eigenvalue weighted by Crippen LogP contribution is 2.32. The first-order valence-corrected chi connectivity index (χ1v) is 6.31. The van der Waals surface area contributed by atoms with Gasteiger partial charge in [0.2, 0.25) is 0 Å². The van der Waals surface area contributed by atoms with E-state index >= 15 is 0 Å². The lowest BCUT2D eigenvalue weighted by Crippen LogP contribution is -2.27. The minimum atomic E-state index is -0.588. The van der Waals surface area contributed by atoms with E-state index in [2.05, 4.69) is 21.9 Å². The van der Waals surface area contributed by atoms with Crippen molar-refractivity contribution in [1.82, 2.24) is 9.78 Å². The topological polar surface area (TPSA) is 56.5 Å². The van der Waals surface area contributed by atoms with Crippen molar-refractivity contribution in [2.75, 3.05) is 0 Å². The van der Waals surface area contributed by atoms with Crippen LogP contribution in [0.15, 0.2) is 22.7 Å². The molecule has 1 aromatic heterocycles. The van der Waals surface area contributed by atoms with Crippen molar-refractivity contribution < 1.29 is 9.53 Å². The van der Waals surface area contributed by atoms with Crippen molar-refractivity contribution in [2.45, 2.75) is 26.4 Å². The fourth-order valence-electron chi connectivity index (χ4n) is 1.58. The van der Waals surface area contributed by atoms with Gasteiger partial charge in [0.25, 0.3) is 0 Å². The maximum Gasteiger partial charge on any atom is 0.435 e. The second-order valence-corrected chi connectivity index (χ2v) is 5.52. The standard InChI is InChI=1S/C12H12ClN3O2S/c1-12(2,3)18-11(17)16-9-5-4-8(15-19)10(13)7(9)6-14-16/h4-6H,1-3H3. The minimum absolute atomic E-state index is 0.377. The summed E-state index contributed by atoms with van der Waals surface area (Å²) in [5.41, 5.74) is 0.448. The Morgan fingerprint density at radius 2 is 2.16 bits per heavy atom. The fraction of sp³-hybridized carbons (Fsp3) is 0.333. The van der Waals surface area contributed by atoms with E-state index in [1.165, 1.54) is 10.9 Å². The maximum atomic E-state index is 12.0. The number of carbonyl (C=O) groups is 1. The molecule has 0 aliphatic rings. The molecule has 0 aliphatic heterocycles. The Balaban J connectivity index is 2.50. The number of ether oxygens (including phenoxy) is 1. The van der Waals surface area contributed by atoms with Crippen LogP contribution in [0.4, 0.5) is 10.5 Å². The van der Waals surface area contributed by atoms with Crippen LogP contribution in [0.25, 0.3) is 10.9 Å². The first-order chi connectivity index (χ1) is 8.83. The number of halogens is 1. The zero-order valence-electron chi connectivity index (χ0n) is 10.7. The van der Waals surface area contributed by atoms with Gasteiger partial charge in [0.05, 0.1) is 22.4 Å². The smallest absolute Gasteiger partial charge is 0.435 e. The van der Waals surface area contributed by atoms with Gasteiger partial charge >= 0.3 is 6.09 Å². The second kappa shape index (κ2) is 4.86. The summed E-state index contributed by atoms with van der Waals surface area (Å²) in [6.45, 7) is 5.37. The molecule has 7 heteroatoms. The van der Waals surface area contributed by atoms with Crippen LogP contribution in [0.3, 0.4) is 0 Å². The summed E-state index contributed by atoms with van der Waals surface area (Å²) in [5.74, 6) is 0. The zero-order chi connectivity index (χ0) is 14.2. The van der Waals surface area contributed by atoms with Crippen LogP contribution in [0.2, 0.25) is 5.02 Å². The summed E-state index contributed by atoms with van der Waals surface area (Å²) < 4.78 is 10.1. The molecule has 0 amide bonds. The van der Waals surface area contributed by atoms with Gasteiger partial charge in [0.1, 0.15) is 5.60 Å². The molecule has 0 fully saturated rings. The van der Waals surface area contributed by atoms with Crippen LogP contribution in [-0.2, 0) is 17.2 Å². The molecule has 0 unspecified atom stereocenters. The number of carbonyl (C=O) groups excluding carboxylic acids is 1. The molecule has 19 heavy (non-hydrogen) atoms. The van der Waals surface area contributed by atoms with Crippen LogP contribution < -0.4 is 0 Å². The first-order valence-electron chi connectivity index (χ1n) is 5.56. The Morgan fingerprint density at radius 3 is 2.74 bits per heavy atom. The summed E-state index contributed by atoms with van der Waals surface area (Å²) >= 11 is 10.7. The van der Waals surface area contributed by atoms with E-state index in [1.54, 1.807) is 32.9 Å². The molecule has 0 aliphatic carbocycles. The van der Waals surface area contributed by atoms with E-state index in [-0.39, 0.29) is 0 Å². The van der Waals surface area contributed by atoms with Crippen molar-refractivity contribution in [1.29, 1.82) is 0 Å². The van der Waals surface area contributed by atoms with E-state index in [0.717, 1.165) is 0 Å². The molecule has 100 valence electrons. The highest BCUT2D eigenvalue weighted by atomic mass is 35.5. The lowest BCUT2D eigenvalue weighted by molar-refractivity contribution is 0.0523. The largest absolute Gasteiger partial charge is 0.442 e. The number of fused-ring (bicyclic) bond motifs is 1. The maximum absolute atomic E-state index is 12.0. The Kier molecular flexibility index (Phi) is 3.56. The lowest BCUT2D eigenvalue weighted by Gasteiger charge is -2.19. The molecule has 0 saturated carbocycles. The predicted octanol–water partition coefficient (Wildman–Crippen LogP) is 3.83. The van der Waals surface area contributed by atoms with E-state index < -0.39 is 11.7 Å². The summed E-state index contributed by atoms with van der Waals surface area (Å²) in [5, 5.41) is 4.98. The van der Waals surface area contributed by atoms with Crippen molar-refractivity contribution in [2.24, 2.45) is 4.36 Å². The Bertz CT molecular complexity index is 661. The van der Waals surface area contributed by atoms with Gasteiger partial charge in [-0.05, 0) is 32.9 Å². The van der Waals surface area contributed by atoms with Crippen molar-refractivity contribution in [3.05, 3.63) is 23.4 Å². The van der Waals surface area contributed by atoms with Gasteiger partial charge < -0.3 is 4.74 Å². The third-order valence-electron chi connectivity index (χ3n) is 2.33. The van der Waals surface area contributed by atoms with E-state index in [4.69, 9.17) is 16.3 Å². The van der Waals surface area contributed by atoms with Gasteiger partial charge in [-0.15, -0.1) is 0 Å². The Labute approximate surface area is 120 Å². The summed E-state index contributed by atoms with van der Waals surface area (Å²) in [6.07, 6.45) is 0.938. The van der Waals surface area contributed by atoms with Gasteiger partial charge in [0.15, 0.2) is 0 Å². The number of nitrogens with zero attached hydrogens (tertiary/aromatic N) is 3. The zero-order valence-corrected chi connectivity index (χ0v) is 12.2. The van der Waals surface area contributed by atoms with Gasteiger partial charge in [-0.2, -0.15) is 14.1 Å². The minimum Gasteiger partial charge on any atom is -0.442 e. The normalized spacial score (nSPS) is 11.6. The monoisotopic (exact) mass is 297 g/mol. The SMILES string of the molecule is CC(C)(C)OC(=O)n1ncc2c(Cl)c(N=S)ccc21. The van der Waals surface area contributed by atoms with Gasteiger partial charge in [-0.25, -0.2) is 4.79 Å². The molecular formula is C12H12ClN3O2S. The van der Waals surface area contributed by atoms with Gasteiger partial charge in [-0.3, -0.25) is 0 Å². The third-order valence-corrected chi connectivity index (χ3v) is 2.93. The van der Waals surface area contributed by atoms with Crippen LogP contribution in [0, 0.1) is 0 Å². The molecule has 1 heterocycles. The number of hydrogen-bond acceptors (Lipinski definition) is 5. The molecule has 5 nitrogen and oxygen atoms in total. The van der Waals surface area contributed by atoms with Crippen molar-refractivity contribution in [3.63, 3.8) is 0 Å². The molecule has 0 bridgehead atoms. The summed E-state index contributed by atoms with van der Waals surface area (Å²) in [4.78, 5) is 12.0. The highest BCUT2D eigenvalue weighted by Gasteiger charge is 2.21. The van der Waals surface area contributed by atoms with Crippen molar-refractivity contribution >= 4 is 46.7 Å². The average Bonchev–Trinajstić information content (AvgIpc) is 2.72. The molecule has 2 aromatic rings. The summed E-state index contributed by atoms with van der Waals surface area (Å²) in [6, 6.07) is 3.32. The number of rotatable bonds is 1. The van der Waals surface area contributed by atoms with E-state index in [0.29, 0.717) is 21.6 Å². The van der Waals surface area contributed by atoms with E-state index in [9.17, 15) is 4.79 Å². The number of hydrogen-bond donors (Lipinski definition) is 0. The molecule has 2 rings (SSSR count). The summed E-state index contributed by atoms with van der Waals surface area (Å²) in [7, 11) is 0. The van der Waals surface area contributed by atoms with Crippen LogP contribution in [0.1, 0.15) is 20.8 Å².